The van der Waals surface area contributed by atoms with Crippen LogP contribution in [0.5, 0.6) is 0 Å². The molecule has 1 heterocycles. The lowest BCUT2D eigenvalue weighted by Crippen LogP contribution is -2.43. The SMILES string of the molecule is CC1CC=CCC1C1OCC(C)(C)CO1. The van der Waals surface area contributed by atoms with E-state index in [9.17, 15) is 0 Å². The quantitative estimate of drug-likeness (QED) is 0.619. The van der Waals surface area contributed by atoms with Crippen molar-refractivity contribution in [3.05, 3.63) is 12.2 Å². The summed E-state index contributed by atoms with van der Waals surface area (Å²) in [5, 5.41) is 0. The second-order valence-electron chi connectivity index (χ2n) is 5.74. The average Bonchev–Trinajstić information content (AvgIpc) is 2.19. The molecule has 0 saturated carbocycles. The summed E-state index contributed by atoms with van der Waals surface area (Å²) < 4.78 is 11.7. The van der Waals surface area contributed by atoms with E-state index in [0.717, 1.165) is 26.1 Å². The van der Waals surface area contributed by atoms with Crippen LogP contribution in [0.2, 0.25) is 0 Å². The monoisotopic (exact) mass is 210 g/mol. The molecule has 0 radical (unpaired) electrons. The molecule has 0 aromatic rings. The highest BCUT2D eigenvalue weighted by Gasteiger charge is 2.35. The van der Waals surface area contributed by atoms with Crippen LogP contribution < -0.4 is 0 Å². The van der Waals surface area contributed by atoms with Gasteiger partial charge in [0.2, 0.25) is 0 Å². The molecule has 0 bridgehead atoms. The largest absolute Gasteiger partial charge is 0.352 e. The van der Waals surface area contributed by atoms with Crippen LogP contribution in [0.3, 0.4) is 0 Å². The summed E-state index contributed by atoms with van der Waals surface area (Å²) in [6, 6.07) is 0. The van der Waals surface area contributed by atoms with Crippen molar-refractivity contribution in [1.82, 2.24) is 0 Å². The summed E-state index contributed by atoms with van der Waals surface area (Å²) in [5.74, 6) is 1.23. The van der Waals surface area contributed by atoms with E-state index in [1.54, 1.807) is 0 Å². The van der Waals surface area contributed by atoms with Crippen LogP contribution in [0.15, 0.2) is 12.2 Å². The van der Waals surface area contributed by atoms with Gasteiger partial charge in [-0.25, -0.2) is 0 Å². The van der Waals surface area contributed by atoms with Crippen molar-refractivity contribution in [2.45, 2.75) is 39.9 Å². The van der Waals surface area contributed by atoms with Gasteiger partial charge >= 0.3 is 0 Å². The van der Waals surface area contributed by atoms with E-state index < -0.39 is 0 Å². The molecule has 0 aromatic carbocycles. The van der Waals surface area contributed by atoms with Crippen molar-refractivity contribution < 1.29 is 9.47 Å². The van der Waals surface area contributed by atoms with Gasteiger partial charge in [-0.1, -0.05) is 32.9 Å². The molecule has 0 N–H and O–H groups in total. The Morgan fingerprint density at radius 2 is 1.67 bits per heavy atom. The summed E-state index contributed by atoms with van der Waals surface area (Å²) in [6.07, 6.45) is 6.83. The molecule has 2 rings (SSSR count). The molecule has 86 valence electrons. The summed E-state index contributed by atoms with van der Waals surface area (Å²) in [7, 11) is 0. The Labute approximate surface area is 92.6 Å². The smallest absolute Gasteiger partial charge is 0.160 e. The van der Waals surface area contributed by atoms with Gasteiger partial charge in [-0.15, -0.1) is 0 Å². The minimum atomic E-state index is 0.0259. The first-order chi connectivity index (χ1) is 7.08. The summed E-state index contributed by atoms with van der Waals surface area (Å²) in [4.78, 5) is 0. The van der Waals surface area contributed by atoms with Crippen molar-refractivity contribution in [3.8, 4) is 0 Å². The minimum absolute atomic E-state index is 0.0259. The van der Waals surface area contributed by atoms with Gasteiger partial charge in [0.15, 0.2) is 6.29 Å². The number of hydrogen-bond donors (Lipinski definition) is 0. The highest BCUT2D eigenvalue weighted by molar-refractivity contribution is 4.94. The highest BCUT2D eigenvalue weighted by atomic mass is 16.7. The molecule has 0 amide bonds. The normalized spacial score (nSPS) is 36.7. The second-order valence-corrected chi connectivity index (χ2v) is 5.74. The molecule has 1 saturated heterocycles. The molecule has 1 aliphatic heterocycles. The van der Waals surface area contributed by atoms with Crippen LogP contribution in [0.25, 0.3) is 0 Å². The maximum absolute atomic E-state index is 5.85. The summed E-state index contributed by atoms with van der Waals surface area (Å²) in [6.45, 7) is 8.32. The maximum Gasteiger partial charge on any atom is 0.160 e. The Balaban J connectivity index is 1.92. The van der Waals surface area contributed by atoms with Gasteiger partial charge in [0.1, 0.15) is 0 Å². The molecule has 1 aliphatic carbocycles. The van der Waals surface area contributed by atoms with Gasteiger partial charge < -0.3 is 9.47 Å². The lowest BCUT2D eigenvalue weighted by Gasteiger charge is -2.40. The van der Waals surface area contributed by atoms with Crippen molar-refractivity contribution in [2.24, 2.45) is 17.3 Å². The van der Waals surface area contributed by atoms with Gasteiger partial charge in [-0.3, -0.25) is 0 Å². The van der Waals surface area contributed by atoms with E-state index in [1.165, 1.54) is 0 Å². The van der Waals surface area contributed by atoms with E-state index in [0.29, 0.717) is 11.8 Å². The molecule has 15 heavy (non-hydrogen) atoms. The first kappa shape index (κ1) is 11.2. The Kier molecular flexibility index (Phi) is 3.17. The lowest BCUT2D eigenvalue weighted by molar-refractivity contribution is -0.249. The molecule has 1 fully saturated rings. The predicted molar refractivity (Wildman–Crippen MR) is 60.5 cm³/mol. The fourth-order valence-electron chi connectivity index (χ4n) is 2.30. The van der Waals surface area contributed by atoms with Gasteiger partial charge in [0.05, 0.1) is 13.2 Å². The van der Waals surface area contributed by atoms with Gasteiger partial charge in [-0.2, -0.15) is 0 Å². The van der Waals surface area contributed by atoms with Crippen LogP contribution in [0, 0.1) is 17.3 Å². The summed E-state index contributed by atoms with van der Waals surface area (Å²) >= 11 is 0. The average molecular weight is 210 g/mol. The number of ether oxygens (including phenoxy) is 2. The zero-order chi connectivity index (χ0) is 10.9. The first-order valence-electron chi connectivity index (χ1n) is 5.97. The molecule has 2 aliphatic rings. The zero-order valence-electron chi connectivity index (χ0n) is 10.0. The van der Waals surface area contributed by atoms with Gasteiger partial charge in [0.25, 0.3) is 0 Å². The molecule has 0 spiro atoms. The third-order valence-electron chi connectivity index (χ3n) is 3.44. The van der Waals surface area contributed by atoms with Crippen molar-refractivity contribution in [1.29, 1.82) is 0 Å². The molecule has 2 nitrogen and oxygen atoms in total. The third kappa shape index (κ3) is 2.61. The Morgan fingerprint density at radius 3 is 2.27 bits per heavy atom. The van der Waals surface area contributed by atoms with Crippen LogP contribution in [0.1, 0.15) is 33.6 Å². The minimum Gasteiger partial charge on any atom is -0.352 e. The van der Waals surface area contributed by atoms with Crippen LogP contribution in [0.4, 0.5) is 0 Å². The van der Waals surface area contributed by atoms with Crippen LogP contribution in [-0.2, 0) is 9.47 Å². The van der Waals surface area contributed by atoms with Crippen molar-refractivity contribution in [2.75, 3.05) is 13.2 Å². The Hall–Kier alpha value is -0.340. The maximum atomic E-state index is 5.85. The third-order valence-corrected chi connectivity index (χ3v) is 3.44. The molecule has 2 heteroatoms. The van der Waals surface area contributed by atoms with Crippen molar-refractivity contribution >= 4 is 0 Å². The van der Waals surface area contributed by atoms with E-state index in [-0.39, 0.29) is 11.7 Å². The first-order valence-corrected chi connectivity index (χ1v) is 5.97. The predicted octanol–water partition coefficient (Wildman–Crippen LogP) is 2.99. The van der Waals surface area contributed by atoms with Gasteiger partial charge in [-0.05, 0) is 18.8 Å². The van der Waals surface area contributed by atoms with Crippen LogP contribution in [-0.4, -0.2) is 19.5 Å². The van der Waals surface area contributed by atoms with E-state index in [1.807, 2.05) is 0 Å². The fraction of sp³-hybridized carbons (Fsp3) is 0.846. The van der Waals surface area contributed by atoms with E-state index in [2.05, 4.69) is 32.9 Å². The topological polar surface area (TPSA) is 18.5 Å². The number of rotatable bonds is 1. The standard InChI is InChI=1S/C13H22O2/c1-10-6-4-5-7-11(10)12-14-8-13(2,3)9-15-12/h4-5,10-12H,6-9H2,1-3H3. The van der Waals surface area contributed by atoms with Crippen LogP contribution >= 0.6 is 0 Å². The van der Waals surface area contributed by atoms with E-state index in [4.69, 9.17) is 9.47 Å². The highest BCUT2D eigenvalue weighted by Crippen LogP contribution is 2.34. The lowest BCUT2D eigenvalue weighted by atomic mass is 9.83. The van der Waals surface area contributed by atoms with Crippen molar-refractivity contribution in [3.63, 3.8) is 0 Å². The number of hydrogen-bond acceptors (Lipinski definition) is 2. The second kappa shape index (κ2) is 4.26. The van der Waals surface area contributed by atoms with E-state index >= 15 is 0 Å². The molecular formula is C13H22O2. The summed E-state index contributed by atoms with van der Waals surface area (Å²) in [5.41, 5.74) is 0.185. The number of allylic oxidation sites excluding steroid dienone is 2. The molecular weight excluding hydrogens is 188 g/mol. The molecule has 2 atom stereocenters. The Morgan fingerprint density at radius 1 is 1.07 bits per heavy atom. The molecule has 0 aromatic heterocycles. The van der Waals surface area contributed by atoms with Gasteiger partial charge in [0, 0.05) is 11.3 Å². The Bertz CT molecular complexity index is 235. The zero-order valence-corrected chi connectivity index (χ0v) is 10.0. The molecule has 2 unspecified atom stereocenters. The fourth-order valence-corrected chi connectivity index (χ4v) is 2.30.